The van der Waals surface area contributed by atoms with E-state index in [1.54, 1.807) is 0 Å². The molecule has 1 N–H and O–H groups in total. The van der Waals surface area contributed by atoms with Crippen LogP contribution in [-0.2, 0) is 9.59 Å². The molecule has 4 nitrogen and oxygen atoms in total. The summed E-state index contributed by atoms with van der Waals surface area (Å²) in [4.78, 5) is 25.5. The number of amides is 1. The molecule has 1 saturated carbocycles. The molecule has 2 aliphatic rings. The molecule has 1 amide bonds. The van der Waals surface area contributed by atoms with E-state index in [0.717, 1.165) is 25.8 Å². The van der Waals surface area contributed by atoms with E-state index >= 15 is 0 Å². The summed E-state index contributed by atoms with van der Waals surface area (Å²) < 4.78 is 0. The van der Waals surface area contributed by atoms with E-state index in [0.29, 0.717) is 18.4 Å². The molecule has 1 saturated heterocycles. The summed E-state index contributed by atoms with van der Waals surface area (Å²) in [5.41, 5.74) is 0. The third-order valence-electron chi connectivity index (χ3n) is 4.51. The molecule has 18 heavy (non-hydrogen) atoms. The van der Waals surface area contributed by atoms with E-state index < -0.39 is 11.9 Å². The van der Waals surface area contributed by atoms with Crippen LogP contribution in [-0.4, -0.2) is 34.5 Å². The Morgan fingerprint density at radius 3 is 2.28 bits per heavy atom. The van der Waals surface area contributed by atoms with Crippen LogP contribution in [0.3, 0.4) is 0 Å². The van der Waals surface area contributed by atoms with Gasteiger partial charge in [0.25, 0.3) is 0 Å². The van der Waals surface area contributed by atoms with E-state index in [9.17, 15) is 9.59 Å². The SMILES string of the molecule is CC(C)C1CCCCN1C(=O)C1CCC1C(=O)O. The van der Waals surface area contributed by atoms with Crippen LogP contribution in [0.1, 0.15) is 46.0 Å². The summed E-state index contributed by atoms with van der Waals surface area (Å²) in [6.45, 7) is 5.10. The largest absolute Gasteiger partial charge is 0.481 e. The first-order valence-electron chi connectivity index (χ1n) is 7.05. The number of carbonyl (C=O) groups excluding carboxylic acids is 1. The van der Waals surface area contributed by atoms with Gasteiger partial charge in [-0.3, -0.25) is 9.59 Å². The molecule has 1 heterocycles. The summed E-state index contributed by atoms with van der Waals surface area (Å²) in [7, 11) is 0. The molecule has 1 aliphatic heterocycles. The van der Waals surface area contributed by atoms with Crippen molar-refractivity contribution in [3.8, 4) is 0 Å². The van der Waals surface area contributed by atoms with Crippen molar-refractivity contribution in [2.24, 2.45) is 17.8 Å². The summed E-state index contributed by atoms with van der Waals surface area (Å²) >= 11 is 0. The van der Waals surface area contributed by atoms with Gasteiger partial charge in [-0.05, 0) is 38.0 Å². The van der Waals surface area contributed by atoms with Gasteiger partial charge >= 0.3 is 5.97 Å². The Kier molecular flexibility index (Phi) is 3.93. The van der Waals surface area contributed by atoms with Crippen molar-refractivity contribution in [3.05, 3.63) is 0 Å². The van der Waals surface area contributed by atoms with Crippen molar-refractivity contribution in [2.75, 3.05) is 6.54 Å². The van der Waals surface area contributed by atoms with Gasteiger partial charge in [0.15, 0.2) is 0 Å². The first-order valence-corrected chi connectivity index (χ1v) is 7.05. The maximum absolute atomic E-state index is 12.5. The zero-order chi connectivity index (χ0) is 13.3. The lowest BCUT2D eigenvalue weighted by atomic mass is 9.72. The topological polar surface area (TPSA) is 57.6 Å². The van der Waals surface area contributed by atoms with Crippen LogP contribution >= 0.6 is 0 Å². The van der Waals surface area contributed by atoms with Crippen molar-refractivity contribution < 1.29 is 14.7 Å². The van der Waals surface area contributed by atoms with Crippen molar-refractivity contribution >= 4 is 11.9 Å². The first-order chi connectivity index (χ1) is 8.52. The monoisotopic (exact) mass is 253 g/mol. The maximum atomic E-state index is 12.5. The molecule has 3 atom stereocenters. The molecule has 0 radical (unpaired) electrons. The number of rotatable bonds is 3. The fraction of sp³-hybridized carbons (Fsp3) is 0.857. The van der Waals surface area contributed by atoms with Crippen LogP contribution in [0.15, 0.2) is 0 Å². The van der Waals surface area contributed by atoms with Crippen LogP contribution in [0.4, 0.5) is 0 Å². The third-order valence-corrected chi connectivity index (χ3v) is 4.51. The number of carboxylic acid groups (broad SMARTS) is 1. The molecule has 3 unspecified atom stereocenters. The molecule has 0 aromatic rings. The van der Waals surface area contributed by atoms with Crippen molar-refractivity contribution in [3.63, 3.8) is 0 Å². The molecule has 0 bridgehead atoms. The van der Waals surface area contributed by atoms with Crippen molar-refractivity contribution in [2.45, 2.75) is 52.0 Å². The minimum atomic E-state index is -0.808. The molecule has 4 heteroatoms. The summed E-state index contributed by atoms with van der Waals surface area (Å²) in [5.74, 6) is -0.962. The number of carbonyl (C=O) groups is 2. The van der Waals surface area contributed by atoms with E-state index in [1.165, 1.54) is 6.42 Å². The average molecular weight is 253 g/mol. The number of carboxylic acids is 1. The maximum Gasteiger partial charge on any atom is 0.307 e. The molecule has 0 aromatic heterocycles. The van der Waals surface area contributed by atoms with Gasteiger partial charge in [-0.2, -0.15) is 0 Å². The normalized spacial score (nSPS) is 32.2. The van der Waals surface area contributed by atoms with Gasteiger partial charge < -0.3 is 10.0 Å². The highest BCUT2D eigenvalue weighted by Gasteiger charge is 2.44. The van der Waals surface area contributed by atoms with Gasteiger partial charge in [0.1, 0.15) is 0 Å². The molecule has 102 valence electrons. The molecule has 0 spiro atoms. The Morgan fingerprint density at radius 1 is 1.11 bits per heavy atom. The number of likely N-dealkylation sites (tertiary alicyclic amines) is 1. The standard InChI is InChI=1S/C14H23NO3/c1-9(2)12-5-3-4-8-15(12)13(16)10-6-7-11(10)14(17)18/h9-12H,3-8H2,1-2H3,(H,17,18). The van der Waals surface area contributed by atoms with Crippen LogP contribution in [0.2, 0.25) is 0 Å². The first kappa shape index (κ1) is 13.4. The summed E-state index contributed by atoms with van der Waals surface area (Å²) in [6, 6.07) is 0.307. The minimum Gasteiger partial charge on any atom is -0.481 e. The fourth-order valence-corrected chi connectivity index (χ4v) is 3.23. The molecular weight excluding hydrogens is 230 g/mol. The zero-order valence-electron chi connectivity index (χ0n) is 11.3. The quantitative estimate of drug-likeness (QED) is 0.838. The van der Waals surface area contributed by atoms with Gasteiger partial charge in [0.2, 0.25) is 5.91 Å². The van der Waals surface area contributed by atoms with E-state index in [2.05, 4.69) is 13.8 Å². The van der Waals surface area contributed by atoms with Gasteiger partial charge in [0.05, 0.1) is 11.8 Å². The Labute approximate surface area is 108 Å². The Bertz CT molecular complexity index is 340. The molecule has 1 aliphatic carbocycles. The second-order valence-electron chi connectivity index (χ2n) is 5.97. The number of nitrogens with zero attached hydrogens (tertiary/aromatic N) is 1. The summed E-state index contributed by atoms with van der Waals surface area (Å²) in [5, 5.41) is 9.06. The molecular formula is C14H23NO3. The van der Waals surface area contributed by atoms with Crippen LogP contribution in [0, 0.1) is 17.8 Å². The van der Waals surface area contributed by atoms with Gasteiger partial charge in [-0.25, -0.2) is 0 Å². The molecule has 2 rings (SSSR count). The fourth-order valence-electron chi connectivity index (χ4n) is 3.23. The lowest BCUT2D eigenvalue weighted by Gasteiger charge is -2.43. The third kappa shape index (κ3) is 2.38. The smallest absolute Gasteiger partial charge is 0.307 e. The predicted molar refractivity (Wildman–Crippen MR) is 68.0 cm³/mol. The minimum absolute atomic E-state index is 0.0899. The molecule has 0 aromatic carbocycles. The van der Waals surface area contributed by atoms with Crippen LogP contribution in [0.5, 0.6) is 0 Å². The van der Waals surface area contributed by atoms with E-state index in [1.807, 2.05) is 4.90 Å². The van der Waals surface area contributed by atoms with Crippen LogP contribution in [0.25, 0.3) is 0 Å². The van der Waals surface area contributed by atoms with Crippen LogP contribution < -0.4 is 0 Å². The highest BCUT2D eigenvalue weighted by molar-refractivity contribution is 5.86. The Balaban J connectivity index is 2.05. The highest BCUT2D eigenvalue weighted by atomic mass is 16.4. The van der Waals surface area contributed by atoms with Gasteiger partial charge in [-0.1, -0.05) is 13.8 Å². The number of hydrogen-bond donors (Lipinski definition) is 1. The number of piperidine rings is 1. The molecule has 2 fully saturated rings. The van der Waals surface area contributed by atoms with E-state index in [4.69, 9.17) is 5.11 Å². The predicted octanol–water partition coefficient (Wildman–Crippen LogP) is 2.13. The second kappa shape index (κ2) is 5.29. The Morgan fingerprint density at radius 2 is 1.78 bits per heavy atom. The van der Waals surface area contributed by atoms with Crippen molar-refractivity contribution in [1.29, 1.82) is 0 Å². The van der Waals surface area contributed by atoms with E-state index in [-0.39, 0.29) is 11.8 Å². The number of aliphatic carboxylic acids is 1. The van der Waals surface area contributed by atoms with Gasteiger partial charge in [0, 0.05) is 12.6 Å². The number of hydrogen-bond acceptors (Lipinski definition) is 2. The van der Waals surface area contributed by atoms with Crippen molar-refractivity contribution in [1.82, 2.24) is 4.90 Å². The Hall–Kier alpha value is -1.06. The zero-order valence-corrected chi connectivity index (χ0v) is 11.3. The average Bonchev–Trinajstić information content (AvgIpc) is 2.26. The lowest BCUT2D eigenvalue weighted by Crippen LogP contribution is -2.52. The highest BCUT2D eigenvalue weighted by Crippen LogP contribution is 2.37. The lowest BCUT2D eigenvalue weighted by molar-refractivity contribution is -0.159. The summed E-state index contributed by atoms with van der Waals surface area (Å²) in [6.07, 6.45) is 4.70. The van der Waals surface area contributed by atoms with Gasteiger partial charge in [-0.15, -0.1) is 0 Å². The second-order valence-corrected chi connectivity index (χ2v) is 5.97.